The minimum Gasteiger partial charge on any atom is -0.384 e. The van der Waals surface area contributed by atoms with Gasteiger partial charge in [-0.2, -0.15) is 0 Å². The van der Waals surface area contributed by atoms with Gasteiger partial charge >= 0.3 is 0 Å². The molecule has 1 aliphatic carbocycles. The van der Waals surface area contributed by atoms with E-state index in [0.29, 0.717) is 18.1 Å². The minimum atomic E-state index is -0.397. The average molecular weight is 330 g/mol. The number of primary amides is 1. The van der Waals surface area contributed by atoms with E-state index >= 15 is 0 Å². The number of carbonyl (C=O) groups excluding carboxylic acids is 2. The summed E-state index contributed by atoms with van der Waals surface area (Å²) in [6.07, 6.45) is 4.90. The third-order valence-electron chi connectivity index (χ3n) is 5.49. The van der Waals surface area contributed by atoms with E-state index in [1.807, 2.05) is 23.1 Å². The van der Waals surface area contributed by atoms with Gasteiger partial charge in [-0.05, 0) is 49.3 Å². The van der Waals surface area contributed by atoms with Crippen molar-refractivity contribution in [3.63, 3.8) is 0 Å². The molecule has 0 spiro atoms. The number of ether oxygens (including phenoxy) is 1. The number of carbonyl (C=O) groups is 2. The zero-order chi connectivity index (χ0) is 17.2. The van der Waals surface area contributed by atoms with Gasteiger partial charge < -0.3 is 15.4 Å². The van der Waals surface area contributed by atoms with E-state index in [0.717, 1.165) is 50.8 Å². The summed E-state index contributed by atoms with van der Waals surface area (Å²) in [6, 6.07) is 7.50. The number of rotatable bonds is 6. The van der Waals surface area contributed by atoms with Crippen molar-refractivity contribution in [2.75, 3.05) is 26.8 Å². The zero-order valence-corrected chi connectivity index (χ0v) is 14.3. The van der Waals surface area contributed by atoms with Crippen LogP contribution in [0.25, 0.3) is 0 Å². The van der Waals surface area contributed by atoms with Crippen molar-refractivity contribution in [1.82, 2.24) is 4.90 Å². The smallest absolute Gasteiger partial charge is 0.248 e. The molecular weight excluding hydrogens is 304 g/mol. The molecule has 0 aromatic heterocycles. The summed E-state index contributed by atoms with van der Waals surface area (Å²) in [5.74, 6) is 0.312. The molecule has 5 heteroatoms. The van der Waals surface area contributed by atoms with E-state index in [2.05, 4.69) is 0 Å². The van der Waals surface area contributed by atoms with E-state index in [4.69, 9.17) is 10.5 Å². The monoisotopic (exact) mass is 330 g/mol. The number of likely N-dealkylation sites (tertiary alicyclic amines) is 1. The lowest BCUT2D eigenvalue weighted by Crippen LogP contribution is -2.49. The van der Waals surface area contributed by atoms with Gasteiger partial charge in [0.2, 0.25) is 11.8 Å². The molecule has 1 saturated carbocycles. The fourth-order valence-electron chi connectivity index (χ4n) is 4.00. The summed E-state index contributed by atoms with van der Waals surface area (Å²) in [7, 11) is 1.67. The first-order chi connectivity index (χ1) is 11.5. The van der Waals surface area contributed by atoms with Gasteiger partial charge in [-0.3, -0.25) is 9.59 Å². The molecule has 1 heterocycles. The van der Waals surface area contributed by atoms with E-state index in [9.17, 15) is 9.59 Å². The molecule has 3 rings (SSSR count). The van der Waals surface area contributed by atoms with Crippen LogP contribution >= 0.6 is 0 Å². The fraction of sp³-hybridized carbons (Fsp3) is 0.579. The number of methoxy groups -OCH3 is 1. The SMILES string of the molecule is COCC1(C(=O)N2CCC(Cc3cccc(C(N)=O)c3)C2)CCC1. The van der Waals surface area contributed by atoms with Gasteiger partial charge in [-0.25, -0.2) is 0 Å². The second-order valence-electron chi connectivity index (χ2n) is 7.24. The second kappa shape index (κ2) is 6.93. The highest BCUT2D eigenvalue weighted by atomic mass is 16.5. The first-order valence-electron chi connectivity index (χ1n) is 8.71. The summed E-state index contributed by atoms with van der Waals surface area (Å²) in [4.78, 5) is 26.2. The van der Waals surface area contributed by atoms with E-state index in [1.54, 1.807) is 13.2 Å². The lowest BCUT2D eigenvalue weighted by molar-refractivity contribution is -0.151. The largest absolute Gasteiger partial charge is 0.384 e. The predicted molar refractivity (Wildman–Crippen MR) is 91.5 cm³/mol. The van der Waals surface area contributed by atoms with Gasteiger partial charge in [-0.15, -0.1) is 0 Å². The first-order valence-corrected chi connectivity index (χ1v) is 8.71. The molecule has 1 aromatic rings. The molecule has 5 nitrogen and oxygen atoms in total. The van der Waals surface area contributed by atoms with Crippen LogP contribution in [0, 0.1) is 11.3 Å². The number of hydrogen-bond acceptors (Lipinski definition) is 3. The zero-order valence-electron chi connectivity index (χ0n) is 14.3. The standard InChI is InChI=1S/C19H26N2O3/c1-24-13-19(7-3-8-19)18(23)21-9-6-15(12-21)10-14-4-2-5-16(11-14)17(20)22/h2,4-5,11,15H,3,6-10,12-13H2,1H3,(H2,20,22). The van der Waals surface area contributed by atoms with Gasteiger partial charge in [0.05, 0.1) is 12.0 Å². The Morgan fingerprint density at radius 1 is 1.38 bits per heavy atom. The highest BCUT2D eigenvalue weighted by Gasteiger charge is 2.47. The molecule has 1 aliphatic heterocycles. The van der Waals surface area contributed by atoms with E-state index in [-0.39, 0.29) is 11.3 Å². The molecule has 2 N–H and O–H groups in total. The van der Waals surface area contributed by atoms with Crippen LogP contribution in [0.1, 0.15) is 41.6 Å². The molecule has 0 radical (unpaired) electrons. The van der Waals surface area contributed by atoms with E-state index in [1.165, 1.54) is 0 Å². The number of amides is 2. The Kier molecular flexibility index (Phi) is 4.90. The van der Waals surface area contributed by atoms with Crippen molar-refractivity contribution < 1.29 is 14.3 Å². The van der Waals surface area contributed by atoms with Gasteiger partial charge in [0.15, 0.2) is 0 Å². The summed E-state index contributed by atoms with van der Waals surface area (Å²) in [5.41, 5.74) is 6.74. The normalized spacial score (nSPS) is 22.2. The van der Waals surface area contributed by atoms with Gasteiger partial charge in [0.1, 0.15) is 0 Å². The van der Waals surface area contributed by atoms with Crippen molar-refractivity contribution in [3.05, 3.63) is 35.4 Å². The van der Waals surface area contributed by atoms with E-state index < -0.39 is 5.91 Å². The average Bonchev–Trinajstić information content (AvgIpc) is 2.99. The second-order valence-corrected chi connectivity index (χ2v) is 7.24. The Hall–Kier alpha value is -1.88. The highest BCUT2D eigenvalue weighted by molar-refractivity contribution is 5.92. The molecule has 2 amide bonds. The Bertz CT molecular complexity index is 625. The van der Waals surface area contributed by atoms with Crippen LogP contribution in [-0.2, 0) is 16.0 Å². The van der Waals surface area contributed by atoms with Gasteiger partial charge in [0.25, 0.3) is 0 Å². The summed E-state index contributed by atoms with van der Waals surface area (Å²) in [5, 5.41) is 0. The van der Waals surface area contributed by atoms with Crippen LogP contribution < -0.4 is 5.73 Å². The Morgan fingerprint density at radius 3 is 2.79 bits per heavy atom. The quantitative estimate of drug-likeness (QED) is 0.867. The van der Waals surface area contributed by atoms with Crippen LogP contribution in [0.4, 0.5) is 0 Å². The minimum absolute atomic E-state index is 0.268. The summed E-state index contributed by atoms with van der Waals surface area (Å²) < 4.78 is 5.30. The topological polar surface area (TPSA) is 72.6 Å². The van der Waals surface area contributed by atoms with Crippen molar-refractivity contribution in [2.45, 2.75) is 32.1 Å². The fourth-order valence-corrected chi connectivity index (χ4v) is 4.00. The molecule has 1 atom stereocenters. The van der Waals surface area contributed by atoms with Crippen LogP contribution in [0.2, 0.25) is 0 Å². The predicted octanol–water partition coefficient (Wildman–Crippen LogP) is 1.99. The Morgan fingerprint density at radius 2 is 2.17 bits per heavy atom. The summed E-state index contributed by atoms with van der Waals surface area (Å²) in [6.45, 7) is 2.16. The van der Waals surface area contributed by atoms with Crippen LogP contribution in [0.15, 0.2) is 24.3 Å². The van der Waals surface area contributed by atoms with Gasteiger partial charge in [-0.1, -0.05) is 18.6 Å². The van der Waals surface area contributed by atoms with Crippen LogP contribution in [0.3, 0.4) is 0 Å². The van der Waals surface area contributed by atoms with Crippen LogP contribution in [-0.4, -0.2) is 43.5 Å². The third kappa shape index (κ3) is 3.31. The first kappa shape index (κ1) is 17.0. The maximum absolute atomic E-state index is 12.9. The number of benzene rings is 1. The highest BCUT2D eigenvalue weighted by Crippen LogP contribution is 2.43. The lowest BCUT2D eigenvalue weighted by atomic mass is 9.68. The number of nitrogens with two attached hydrogens (primary N) is 1. The maximum atomic E-state index is 12.9. The molecule has 1 unspecified atom stereocenters. The molecule has 2 fully saturated rings. The molecule has 2 aliphatic rings. The molecule has 130 valence electrons. The Balaban J connectivity index is 1.60. The number of hydrogen-bond donors (Lipinski definition) is 1. The third-order valence-corrected chi connectivity index (χ3v) is 5.49. The molecule has 1 saturated heterocycles. The Labute approximate surface area is 143 Å². The molecule has 0 bridgehead atoms. The molecular formula is C19H26N2O3. The van der Waals surface area contributed by atoms with Crippen molar-refractivity contribution >= 4 is 11.8 Å². The number of nitrogens with zero attached hydrogens (tertiary/aromatic N) is 1. The van der Waals surface area contributed by atoms with Crippen molar-refractivity contribution in [1.29, 1.82) is 0 Å². The van der Waals surface area contributed by atoms with Crippen molar-refractivity contribution in [2.24, 2.45) is 17.1 Å². The molecule has 1 aromatic carbocycles. The van der Waals surface area contributed by atoms with Crippen LogP contribution in [0.5, 0.6) is 0 Å². The molecule has 24 heavy (non-hydrogen) atoms. The lowest BCUT2D eigenvalue weighted by Gasteiger charge is -2.42. The maximum Gasteiger partial charge on any atom is 0.248 e. The summed E-state index contributed by atoms with van der Waals surface area (Å²) >= 11 is 0. The van der Waals surface area contributed by atoms with Crippen molar-refractivity contribution in [3.8, 4) is 0 Å². The van der Waals surface area contributed by atoms with Gasteiger partial charge in [0, 0.05) is 25.8 Å².